The van der Waals surface area contributed by atoms with Crippen LogP contribution in [0.4, 0.5) is 5.69 Å². The van der Waals surface area contributed by atoms with E-state index in [9.17, 15) is 24.6 Å². The van der Waals surface area contributed by atoms with Crippen LogP contribution in [0.5, 0.6) is 0 Å². The summed E-state index contributed by atoms with van der Waals surface area (Å²) in [5, 5.41) is 20.5. The average molecular weight is 563 g/mol. The number of amides is 2. The Morgan fingerprint density at radius 3 is 2.67 bits per heavy atom. The first kappa shape index (κ1) is 26.8. The fraction of sp³-hybridized carbons (Fsp3) is 0.593. The Kier molecular flexibility index (Phi) is 7.38. The van der Waals surface area contributed by atoms with Crippen LogP contribution >= 0.6 is 15.9 Å². The van der Waals surface area contributed by atoms with E-state index in [0.717, 1.165) is 11.1 Å². The van der Waals surface area contributed by atoms with Gasteiger partial charge in [0.1, 0.15) is 11.6 Å². The molecule has 1 spiro atoms. The van der Waals surface area contributed by atoms with Gasteiger partial charge in [0, 0.05) is 17.1 Å². The standard InChI is InChI=1S/C27H35BrN2O6/c1-6-10-29(18-11-14(3)8-9-16(18)5)25(33)23-27-12-17(28)22(36-27)20(26(34)35)21(27)24(32)30(23)19(13-31)15(4)7-2/h6,8-9,11,15,17,19-23,31H,1,7,10,12-13H2,2-5H3,(H,34,35)/t15-,17?,19-,20-,21-,22-,23?,27?/m0/s1. The molecule has 0 aliphatic carbocycles. The Morgan fingerprint density at radius 2 is 2.08 bits per heavy atom. The molecule has 0 saturated carbocycles. The largest absolute Gasteiger partial charge is 0.481 e. The van der Waals surface area contributed by atoms with Crippen LogP contribution < -0.4 is 4.90 Å². The van der Waals surface area contributed by atoms with Crippen molar-refractivity contribution in [2.24, 2.45) is 17.8 Å². The Bertz CT molecular complexity index is 1080. The van der Waals surface area contributed by atoms with Crippen molar-refractivity contribution >= 4 is 39.4 Å². The third-order valence-electron chi connectivity index (χ3n) is 8.32. The number of aryl methyl sites for hydroxylation is 2. The molecule has 3 unspecified atom stereocenters. The molecule has 2 amide bonds. The van der Waals surface area contributed by atoms with Gasteiger partial charge in [-0.3, -0.25) is 14.4 Å². The number of carboxylic acid groups (broad SMARTS) is 1. The van der Waals surface area contributed by atoms with Gasteiger partial charge in [0.15, 0.2) is 0 Å². The van der Waals surface area contributed by atoms with E-state index in [2.05, 4.69) is 22.5 Å². The van der Waals surface area contributed by atoms with Crippen LogP contribution in [0.2, 0.25) is 0 Å². The van der Waals surface area contributed by atoms with Crippen LogP contribution in [0.1, 0.15) is 37.8 Å². The van der Waals surface area contributed by atoms with Gasteiger partial charge >= 0.3 is 5.97 Å². The van der Waals surface area contributed by atoms with Crippen molar-refractivity contribution in [2.45, 2.75) is 69.2 Å². The van der Waals surface area contributed by atoms with E-state index < -0.39 is 47.5 Å². The third-order valence-corrected chi connectivity index (χ3v) is 9.17. The summed E-state index contributed by atoms with van der Waals surface area (Å²) in [4.78, 5) is 43.7. The molecule has 9 heteroatoms. The van der Waals surface area contributed by atoms with E-state index in [0.29, 0.717) is 18.5 Å². The maximum atomic E-state index is 14.6. The number of carbonyl (C=O) groups excluding carboxylic acids is 2. The zero-order valence-corrected chi connectivity index (χ0v) is 22.8. The van der Waals surface area contributed by atoms with E-state index in [4.69, 9.17) is 4.74 Å². The minimum atomic E-state index is -1.30. The summed E-state index contributed by atoms with van der Waals surface area (Å²) in [6.07, 6.45) is 1.93. The van der Waals surface area contributed by atoms with Gasteiger partial charge in [-0.1, -0.05) is 54.4 Å². The predicted octanol–water partition coefficient (Wildman–Crippen LogP) is 3.06. The lowest BCUT2D eigenvalue weighted by molar-refractivity contribution is -0.151. The SMILES string of the molecule is C=CCN(C(=O)C1N([C@@H](CO)[C@@H](C)CC)C(=O)[C@@H]2[C@H](C(=O)O)[C@H]3OC12CC3Br)c1cc(C)ccc1C. The highest BCUT2D eigenvalue weighted by Crippen LogP contribution is 2.60. The van der Waals surface area contributed by atoms with Crippen LogP contribution in [-0.4, -0.2) is 74.7 Å². The Morgan fingerprint density at radius 1 is 1.39 bits per heavy atom. The summed E-state index contributed by atoms with van der Waals surface area (Å²) in [5.41, 5.74) is 1.27. The minimum absolute atomic E-state index is 0.113. The summed E-state index contributed by atoms with van der Waals surface area (Å²) in [6.45, 7) is 11.5. The number of aliphatic hydroxyl groups is 1. The second kappa shape index (κ2) is 9.91. The van der Waals surface area contributed by atoms with Gasteiger partial charge in [-0.05, 0) is 43.4 Å². The summed E-state index contributed by atoms with van der Waals surface area (Å²) in [6, 6.07) is 4.11. The van der Waals surface area contributed by atoms with Crippen LogP contribution in [0.25, 0.3) is 0 Å². The van der Waals surface area contributed by atoms with E-state index in [-0.39, 0.29) is 29.8 Å². The summed E-state index contributed by atoms with van der Waals surface area (Å²) in [5.74, 6) is -4.07. The van der Waals surface area contributed by atoms with Gasteiger partial charge in [0.2, 0.25) is 5.91 Å². The zero-order valence-electron chi connectivity index (χ0n) is 21.2. The van der Waals surface area contributed by atoms with Crippen molar-refractivity contribution in [3.63, 3.8) is 0 Å². The summed E-state index contributed by atoms with van der Waals surface area (Å²) < 4.78 is 6.39. The molecule has 8 atom stereocenters. The highest BCUT2D eigenvalue weighted by molar-refractivity contribution is 9.09. The first-order valence-corrected chi connectivity index (χ1v) is 13.4. The number of ether oxygens (including phenoxy) is 1. The number of carboxylic acids is 1. The van der Waals surface area contributed by atoms with Gasteiger partial charge in [0.05, 0.1) is 30.6 Å². The topological polar surface area (TPSA) is 107 Å². The molecule has 1 aromatic rings. The van der Waals surface area contributed by atoms with E-state index in [1.54, 1.807) is 11.0 Å². The predicted molar refractivity (Wildman–Crippen MR) is 139 cm³/mol. The number of anilines is 1. The maximum Gasteiger partial charge on any atom is 0.310 e. The van der Waals surface area contributed by atoms with E-state index in [1.807, 2.05) is 45.9 Å². The smallest absolute Gasteiger partial charge is 0.310 e. The van der Waals surface area contributed by atoms with Gasteiger partial charge in [-0.2, -0.15) is 0 Å². The number of benzene rings is 1. The van der Waals surface area contributed by atoms with Crippen LogP contribution in [0.3, 0.4) is 0 Å². The quantitative estimate of drug-likeness (QED) is 0.354. The number of alkyl halides is 1. The van der Waals surface area contributed by atoms with Crippen molar-refractivity contribution in [1.29, 1.82) is 0 Å². The lowest BCUT2D eigenvalue weighted by Crippen LogP contribution is -2.60. The number of fused-ring (bicyclic) bond motifs is 1. The third kappa shape index (κ3) is 3.90. The monoisotopic (exact) mass is 562 g/mol. The Hall–Kier alpha value is -2.23. The van der Waals surface area contributed by atoms with Crippen LogP contribution in [0, 0.1) is 31.6 Å². The molecule has 36 heavy (non-hydrogen) atoms. The number of halogens is 1. The molecule has 3 aliphatic rings. The highest BCUT2D eigenvalue weighted by Gasteiger charge is 2.77. The number of aliphatic hydroxyl groups excluding tert-OH is 1. The number of rotatable bonds is 9. The lowest BCUT2D eigenvalue weighted by atomic mass is 9.70. The number of nitrogens with zero attached hydrogens (tertiary/aromatic N) is 2. The number of hydrogen-bond acceptors (Lipinski definition) is 5. The molecule has 196 valence electrons. The first-order valence-electron chi connectivity index (χ1n) is 12.5. The Balaban J connectivity index is 1.90. The molecule has 0 radical (unpaired) electrons. The number of hydrogen-bond donors (Lipinski definition) is 2. The van der Waals surface area contributed by atoms with Gasteiger partial charge in [0.25, 0.3) is 5.91 Å². The van der Waals surface area contributed by atoms with Crippen molar-refractivity contribution in [2.75, 3.05) is 18.1 Å². The molecule has 3 saturated heterocycles. The molecule has 2 bridgehead atoms. The molecular weight excluding hydrogens is 528 g/mol. The fourth-order valence-corrected chi connectivity index (χ4v) is 7.34. The molecule has 0 aromatic heterocycles. The van der Waals surface area contributed by atoms with Crippen LogP contribution in [-0.2, 0) is 19.1 Å². The zero-order chi connectivity index (χ0) is 26.5. The molecule has 3 fully saturated rings. The molecule has 3 heterocycles. The summed E-state index contributed by atoms with van der Waals surface area (Å²) >= 11 is 3.57. The van der Waals surface area contributed by atoms with Crippen molar-refractivity contribution in [3.8, 4) is 0 Å². The minimum Gasteiger partial charge on any atom is -0.481 e. The van der Waals surface area contributed by atoms with Gasteiger partial charge in [-0.15, -0.1) is 6.58 Å². The number of aliphatic carboxylic acids is 1. The molecule has 1 aromatic carbocycles. The Labute approximate surface area is 220 Å². The maximum absolute atomic E-state index is 14.6. The van der Waals surface area contributed by atoms with Gasteiger partial charge in [-0.25, -0.2) is 0 Å². The first-order chi connectivity index (χ1) is 17.0. The second-order valence-electron chi connectivity index (χ2n) is 10.4. The van der Waals surface area contributed by atoms with Crippen molar-refractivity contribution in [3.05, 3.63) is 42.0 Å². The molecule has 8 nitrogen and oxygen atoms in total. The van der Waals surface area contributed by atoms with E-state index in [1.165, 1.54) is 4.90 Å². The summed E-state index contributed by atoms with van der Waals surface area (Å²) in [7, 11) is 0. The van der Waals surface area contributed by atoms with E-state index >= 15 is 0 Å². The normalized spacial score (nSPS) is 32.3. The second-order valence-corrected chi connectivity index (χ2v) is 11.6. The molecule has 2 N–H and O–H groups in total. The molecular formula is C27H35BrN2O6. The average Bonchev–Trinajstić information content (AvgIpc) is 3.43. The van der Waals surface area contributed by atoms with Crippen LogP contribution in [0.15, 0.2) is 30.9 Å². The fourth-order valence-electron chi connectivity index (χ4n) is 6.39. The van der Waals surface area contributed by atoms with Gasteiger partial charge < -0.3 is 24.7 Å². The molecule has 4 rings (SSSR count). The lowest BCUT2D eigenvalue weighted by Gasteiger charge is -2.41. The molecule has 3 aliphatic heterocycles. The van der Waals surface area contributed by atoms with Crippen molar-refractivity contribution in [1.82, 2.24) is 4.90 Å². The van der Waals surface area contributed by atoms with Crippen molar-refractivity contribution < 1.29 is 29.3 Å². The number of carbonyl (C=O) groups is 3. The highest BCUT2D eigenvalue weighted by atomic mass is 79.9. The number of likely N-dealkylation sites (tertiary alicyclic amines) is 1.